The first-order chi connectivity index (χ1) is 12.4. The lowest BCUT2D eigenvalue weighted by atomic mass is 9.94. The molecule has 1 atom stereocenters. The Balaban J connectivity index is 1.60. The second-order valence-electron chi connectivity index (χ2n) is 7.46. The lowest BCUT2D eigenvalue weighted by molar-refractivity contribution is 0.499. The molecule has 7 heteroatoms. The highest BCUT2D eigenvalue weighted by atomic mass is 15.3. The first-order valence-electron chi connectivity index (χ1n) is 9.42. The molecular formula is C19H31N7. The molecule has 0 amide bonds. The highest BCUT2D eigenvalue weighted by Crippen LogP contribution is 2.21. The van der Waals surface area contributed by atoms with Gasteiger partial charge in [0.2, 0.25) is 0 Å². The first kappa shape index (κ1) is 18.5. The van der Waals surface area contributed by atoms with Gasteiger partial charge in [0, 0.05) is 56.6 Å². The largest absolute Gasteiger partial charge is 0.353 e. The highest BCUT2D eigenvalue weighted by Gasteiger charge is 2.23. The average molecular weight is 358 g/mol. The molecule has 1 aliphatic carbocycles. The molecule has 0 aliphatic heterocycles. The van der Waals surface area contributed by atoms with Crippen LogP contribution in [0.15, 0.2) is 11.2 Å². The maximum Gasteiger partial charge on any atom is 0.191 e. The summed E-state index contributed by atoms with van der Waals surface area (Å²) >= 11 is 0. The number of hydrogen-bond donors (Lipinski definition) is 2. The first-order valence-corrected chi connectivity index (χ1v) is 9.42. The smallest absolute Gasteiger partial charge is 0.191 e. The Morgan fingerprint density at radius 1 is 1.35 bits per heavy atom. The second-order valence-corrected chi connectivity index (χ2v) is 7.46. The molecule has 0 spiro atoms. The van der Waals surface area contributed by atoms with Crippen molar-refractivity contribution < 1.29 is 0 Å². The van der Waals surface area contributed by atoms with E-state index < -0.39 is 0 Å². The predicted octanol–water partition coefficient (Wildman–Crippen LogP) is 2.04. The van der Waals surface area contributed by atoms with E-state index in [1.165, 1.54) is 22.5 Å². The van der Waals surface area contributed by atoms with Crippen LogP contribution in [0.4, 0.5) is 0 Å². The Morgan fingerprint density at radius 2 is 2.12 bits per heavy atom. The van der Waals surface area contributed by atoms with Crippen molar-refractivity contribution in [1.82, 2.24) is 30.2 Å². The normalized spacial score (nSPS) is 17.5. The van der Waals surface area contributed by atoms with Crippen molar-refractivity contribution in [3.05, 3.63) is 34.4 Å². The molecule has 26 heavy (non-hydrogen) atoms. The van der Waals surface area contributed by atoms with Crippen molar-refractivity contribution in [1.29, 1.82) is 0 Å². The van der Waals surface area contributed by atoms with Gasteiger partial charge in [-0.15, -0.1) is 0 Å². The maximum absolute atomic E-state index is 4.76. The van der Waals surface area contributed by atoms with Crippen LogP contribution in [0.2, 0.25) is 0 Å². The van der Waals surface area contributed by atoms with Gasteiger partial charge in [0.25, 0.3) is 0 Å². The quantitative estimate of drug-likeness (QED) is 0.649. The Kier molecular flexibility index (Phi) is 5.34. The zero-order valence-electron chi connectivity index (χ0n) is 16.8. The van der Waals surface area contributed by atoms with E-state index >= 15 is 0 Å². The van der Waals surface area contributed by atoms with Gasteiger partial charge in [-0.2, -0.15) is 10.2 Å². The summed E-state index contributed by atoms with van der Waals surface area (Å²) in [6.45, 7) is 9.21. The minimum absolute atomic E-state index is 0.361. The number of aromatic nitrogens is 4. The molecule has 0 aromatic carbocycles. The fourth-order valence-electron chi connectivity index (χ4n) is 3.53. The molecule has 0 radical (unpaired) electrons. The summed E-state index contributed by atoms with van der Waals surface area (Å²) in [5.74, 6) is 0.837. The van der Waals surface area contributed by atoms with Crippen LogP contribution in [0.5, 0.6) is 0 Å². The molecule has 0 saturated heterocycles. The van der Waals surface area contributed by atoms with Crippen LogP contribution in [0.25, 0.3) is 0 Å². The number of nitrogens with one attached hydrogen (secondary N) is 2. The van der Waals surface area contributed by atoms with Crippen LogP contribution >= 0.6 is 0 Å². The van der Waals surface area contributed by atoms with Gasteiger partial charge in [0.05, 0.1) is 11.4 Å². The van der Waals surface area contributed by atoms with E-state index in [0.29, 0.717) is 12.1 Å². The summed E-state index contributed by atoms with van der Waals surface area (Å²) in [4.78, 5) is 4.39. The monoisotopic (exact) mass is 357 g/mol. The van der Waals surface area contributed by atoms with Crippen LogP contribution in [0.1, 0.15) is 54.5 Å². The van der Waals surface area contributed by atoms with Crippen molar-refractivity contribution in [2.75, 3.05) is 7.05 Å². The number of fused-ring (bicyclic) bond motifs is 1. The second kappa shape index (κ2) is 7.51. The number of hydrogen-bond acceptors (Lipinski definition) is 3. The molecule has 2 heterocycles. The fourth-order valence-corrected chi connectivity index (χ4v) is 3.53. The van der Waals surface area contributed by atoms with E-state index in [4.69, 9.17) is 5.10 Å². The van der Waals surface area contributed by atoms with Gasteiger partial charge in [-0.25, -0.2) is 0 Å². The molecule has 7 nitrogen and oxygen atoms in total. The highest BCUT2D eigenvalue weighted by molar-refractivity contribution is 5.80. The molecule has 1 aliphatic rings. The SMILES string of the molecule is CN=C(NCc1c(C)nn(C)c1C)NC1CCc2cn(C(C)C)nc2C1. The molecule has 3 rings (SSSR count). The fraction of sp³-hybridized carbons (Fsp3) is 0.632. The molecule has 0 fully saturated rings. The molecule has 2 aromatic rings. The van der Waals surface area contributed by atoms with Crippen molar-refractivity contribution in [3.63, 3.8) is 0 Å². The molecule has 0 saturated carbocycles. The predicted molar refractivity (Wildman–Crippen MR) is 104 cm³/mol. The van der Waals surface area contributed by atoms with Crippen molar-refractivity contribution >= 4 is 5.96 Å². The Hall–Kier alpha value is -2.31. The summed E-state index contributed by atoms with van der Waals surface area (Å²) in [5.41, 5.74) is 6.09. The van der Waals surface area contributed by atoms with Gasteiger partial charge in [0.15, 0.2) is 5.96 Å². The van der Waals surface area contributed by atoms with Gasteiger partial charge < -0.3 is 10.6 Å². The zero-order chi connectivity index (χ0) is 18.8. The molecule has 142 valence electrons. The summed E-state index contributed by atoms with van der Waals surface area (Å²) in [6.07, 6.45) is 5.32. The number of rotatable bonds is 4. The third-order valence-electron chi connectivity index (χ3n) is 5.28. The number of guanidine groups is 1. The van der Waals surface area contributed by atoms with Crippen LogP contribution < -0.4 is 10.6 Å². The summed E-state index contributed by atoms with van der Waals surface area (Å²) in [7, 11) is 3.80. The third kappa shape index (κ3) is 3.76. The van der Waals surface area contributed by atoms with Gasteiger partial charge in [-0.1, -0.05) is 0 Å². The van der Waals surface area contributed by atoms with Crippen LogP contribution in [-0.2, 0) is 26.4 Å². The molecule has 0 bridgehead atoms. The van der Waals surface area contributed by atoms with Crippen LogP contribution in [0.3, 0.4) is 0 Å². The molecular weight excluding hydrogens is 326 g/mol. The maximum atomic E-state index is 4.76. The van der Waals surface area contributed by atoms with E-state index in [1.54, 1.807) is 0 Å². The third-order valence-corrected chi connectivity index (χ3v) is 5.28. The van der Waals surface area contributed by atoms with E-state index in [9.17, 15) is 0 Å². The summed E-state index contributed by atoms with van der Waals surface area (Å²) in [6, 6.07) is 0.771. The van der Waals surface area contributed by atoms with E-state index in [2.05, 4.69) is 52.4 Å². The van der Waals surface area contributed by atoms with Crippen LogP contribution in [0, 0.1) is 13.8 Å². The van der Waals surface area contributed by atoms with Crippen molar-refractivity contribution in [2.24, 2.45) is 12.0 Å². The lowest BCUT2D eigenvalue weighted by Gasteiger charge is -2.24. The van der Waals surface area contributed by atoms with Crippen molar-refractivity contribution in [2.45, 2.75) is 65.6 Å². The minimum Gasteiger partial charge on any atom is -0.353 e. The van der Waals surface area contributed by atoms with E-state index in [1.807, 2.05) is 25.7 Å². The van der Waals surface area contributed by atoms with Gasteiger partial charge >= 0.3 is 0 Å². The summed E-state index contributed by atoms with van der Waals surface area (Å²) in [5, 5.41) is 16.2. The summed E-state index contributed by atoms with van der Waals surface area (Å²) < 4.78 is 4.00. The Labute approximate surface area is 155 Å². The zero-order valence-corrected chi connectivity index (χ0v) is 16.8. The van der Waals surface area contributed by atoms with Crippen molar-refractivity contribution in [3.8, 4) is 0 Å². The van der Waals surface area contributed by atoms with E-state index in [-0.39, 0.29) is 0 Å². The average Bonchev–Trinajstić information content (AvgIpc) is 3.13. The van der Waals surface area contributed by atoms with Gasteiger partial charge in [-0.05, 0) is 46.1 Å². The van der Waals surface area contributed by atoms with Gasteiger partial charge in [0.1, 0.15) is 0 Å². The number of nitrogens with zero attached hydrogens (tertiary/aromatic N) is 5. The van der Waals surface area contributed by atoms with E-state index in [0.717, 1.165) is 37.5 Å². The Bertz CT molecular complexity index is 797. The lowest BCUT2D eigenvalue weighted by Crippen LogP contribution is -2.45. The Morgan fingerprint density at radius 3 is 2.73 bits per heavy atom. The number of aliphatic imine (C=N–C) groups is 1. The van der Waals surface area contributed by atoms with Gasteiger partial charge in [-0.3, -0.25) is 14.4 Å². The number of aryl methyl sites for hydroxylation is 3. The van der Waals surface area contributed by atoms with Crippen LogP contribution in [-0.4, -0.2) is 38.6 Å². The molecule has 2 aromatic heterocycles. The molecule has 2 N–H and O–H groups in total. The minimum atomic E-state index is 0.361. The standard InChI is InChI=1S/C19H31N7/c1-12(2)26-11-15-7-8-16(9-18(15)24-26)22-19(20-5)21-10-17-13(3)23-25(6)14(17)4/h11-12,16H,7-10H2,1-6H3,(H2,20,21,22). The molecule has 1 unspecified atom stereocenters. The topological polar surface area (TPSA) is 72.1 Å².